The van der Waals surface area contributed by atoms with Gasteiger partial charge >= 0.3 is 0 Å². The van der Waals surface area contributed by atoms with E-state index in [0.29, 0.717) is 35.6 Å². The fourth-order valence-electron chi connectivity index (χ4n) is 2.54. The van der Waals surface area contributed by atoms with Crippen LogP contribution in [-0.2, 0) is 17.8 Å². The van der Waals surface area contributed by atoms with Crippen LogP contribution in [0.2, 0.25) is 0 Å². The maximum atomic E-state index is 12.3. The summed E-state index contributed by atoms with van der Waals surface area (Å²) in [6.45, 7) is 7.00. The van der Waals surface area contributed by atoms with Crippen LogP contribution in [-0.4, -0.2) is 37.6 Å². The molecule has 0 radical (unpaired) electrons. The normalized spacial score (nSPS) is 11.1. The van der Waals surface area contributed by atoms with E-state index < -0.39 is 0 Å². The molecule has 3 aromatic rings. The van der Waals surface area contributed by atoms with E-state index in [1.165, 1.54) is 4.90 Å². The highest BCUT2D eigenvalue weighted by molar-refractivity contribution is 7.99. The lowest BCUT2D eigenvalue weighted by atomic mass is 10.1. The Balaban J connectivity index is 1.59. The van der Waals surface area contributed by atoms with Gasteiger partial charge in [-0.25, -0.2) is 0 Å². The van der Waals surface area contributed by atoms with Gasteiger partial charge in [-0.05, 0) is 30.7 Å². The predicted molar refractivity (Wildman–Crippen MR) is 105 cm³/mol. The molecule has 0 aliphatic rings. The molecule has 3 rings (SSSR count). The Bertz CT molecular complexity index is 908. The van der Waals surface area contributed by atoms with Gasteiger partial charge in [0.05, 0.1) is 19.6 Å². The Morgan fingerprint density at radius 3 is 2.67 bits per heavy atom. The summed E-state index contributed by atoms with van der Waals surface area (Å²) in [7, 11) is 0. The minimum Gasteiger partial charge on any atom is -0.477 e. The average molecular weight is 385 g/mol. The van der Waals surface area contributed by atoms with Gasteiger partial charge in [0.1, 0.15) is 0 Å². The highest BCUT2D eigenvalue weighted by Crippen LogP contribution is 2.22. The number of hydrogen-bond donors (Lipinski definition) is 1. The molecular weight excluding hydrogens is 362 g/mol. The van der Waals surface area contributed by atoms with Gasteiger partial charge < -0.3 is 10.1 Å². The molecule has 0 saturated heterocycles. The smallest absolute Gasteiger partial charge is 0.231 e. The molecule has 2 heterocycles. The SMILES string of the molecule is CCOc1ccc2nnc(CNC(=O)Cc3ccc(SC(C)C)cc3)n2n1. The van der Waals surface area contributed by atoms with Gasteiger partial charge in [-0.15, -0.1) is 27.1 Å². The summed E-state index contributed by atoms with van der Waals surface area (Å²) in [5.41, 5.74) is 1.59. The van der Waals surface area contributed by atoms with Crippen molar-refractivity contribution in [2.75, 3.05) is 6.61 Å². The lowest BCUT2D eigenvalue weighted by Crippen LogP contribution is -2.25. The van der Waals surface area contributed by atoms with Crippen molar-refractivity contribution in [1.82, 2.24) is 25.1 Å². The molecule has 0 bridgehead atoms. The number of aromatic nitrogens is 4. The quantitative estimate of drug-likeness (QED) is 0.601. The van der Waals surface area contributed by atoms with E-state index >= 15 is 0 Å². The minimum absolute atomic E-state index is 0.0722. The molecule has 0 aliphatic heterocycles. The van der Waals surface area contributed by atoms with Crippen molar-refractivity contribution in [2.24, 2.45) is 0 Å². The van der Waals surface area contributed by atoms with Crippen molar-refractivity contribution in [3.63, 3.8) is 0 Å². The van der Waals surface area contributed by atoms with E-state index in [2.05, 4.69) is 46.6 Å². The fraction of sp³-hybridized carbons (Fsp3) is 0.368. The Morgan fingerprint density at radius 1 is 1.19 bits per heavy atom. The number of hydrogen-bond acceptors (Lipinski definition) is 6. The predicted octanol–water partition coefficient (Wildman–Crippen LogP) is 2.88. The van der Waals surface area contributed by atoms with Crippen LogP contribution in [0.4, 0.5) is 0 Å². The van der Waals surface area contributed by atoms with Gasteiger partial charge in [-0.2, -0.15) is 4.52 Å². The Morgan fingerprint density at radius 2 is 1.96 bits per heavy atom. The van der Waals surface area contributed by atoms with Gasteiger partial charge in [-0.3, -0.25) is 4.79 Å². The first-order chi connectivity index (χ1) is 13.0. The number of nitrogens with one attached hydrogen (secondary N) is 1. The first kappa shape index (κ1) is 19.2. The number of benzene rings is 1. The Kier molecular flexibility index (Phi) is 6.28. The van der Waals surface area contributed by atoms with E-state index in [1.54, 1.807) is 28.4 Å². The third-order valence-electron chi connectivity index (χ3n) is 3.70. The second kappa shape index (κ2) is 8.85. The molecule has 142 valence electrons. The minimum atomic E-state index is -0.0722. The molecule has 0 unspecified atom stereocenters. The molecule has 0 fully saturated rings. The van der Waals surface area contributed by atoms with Gasteiger partial charge in [0.25, 0.3) is 0 Å². The van der Waals surface area contributed by atoms with Crippen LogP contribution >= 0.6 is 11.8 Å². The summed E-state index contributed by atoms with van der Waals surface area (Å²) < 4.78 is 6.99. The van der Waals surface area contributed by atoms with Crippen LogP contribution in [0.3, 0.4) is 0 Å². The standard InChI is InChI=1S/C19H23N5O2S/c1-4-26-19-10-9-16-21-22-17(24(16)23-19)12-20-18(25)11-14-5-7-15(8-6-14)27-13(2)3/h5-10,13H,4,11-12H2,1-3H3,(H,20,25). The van der Waals surface area contributed by atoms with Gasteiger partial charge in [-0.1, -0.05) is 26.0 Å². The molecular formula is C19H23N5O2S. The molecule has 1 N–H and O–H groups in total. The summed E-state index contributed by atoms with van der Waals surface area (Å²) in [6, 6.07) is 11.6. The largest absolute Gasteiger partial charge is 0.477 e. The molecule has 2 aromatic heterocycles. The lowest BCUT2D eigenvalue weighted by molar-refractivity contribution is -0.120. The summed E-state index contributed by atoms with van der Waals surface area (Å²) in [6.07, 6.45) is 0.320. The Labute approximate surface area is 162 Å². The van der Waals surface area contributed by atoms with Crippen LogP contribution in [0, 0.1) is 0 Å². The van der Waals surface area contributed by atoms with E-state index in [4.69, 9.17) is 4.74 Å². The molecule has 7 nitrogen and oxygen atoms in total. The number of fused-ring (bicyclic) bond motifs is 1. The van der Waals surface area contributed by atoms with Crippen molar-refractivity contribution in [3.05, 3.63) is 47.8 Å². The van der Waals surface area contributed by atoms with Crippen LogP contribution in [0.5, 0.6) is 5.88 Å². The maximum Gasteiger partial charge on any atom is 0.231 e. The zero-order valence-electron chi connectivity index (χ0n) is 15.7. The van der Waals surface area contributed by atoms with Crippen molar-refractivity contribution < 1.29 is 9.53 Å². The number of thioether (sulfide) groups is 1. The number of ether oxygens (including phenoxy) is 1. The third-order valence-corrected chi connectivity index (χ3v) is 4.71. The van der Waals surface area contributed by atoms with Crippen LogP contribution < -0.4 is 10.1 Å². The van der Waals surface area contributed by atoms with Crippen LogP contribution in [0.1, 0.15) is 32.2 Å². The second-order valence-electron chi connectivity index (χ2n) is 6.25. The number of amides is 1. The highest BCUT2D eigenvalue weighted by atomic mass is 32.2. The molecule has 0 atom stereocenters. The fourth-order valence-corrected chi connectivity index (χ4v) is 3.37. The average Bonchev–Trinajstić information content (AvgIpc) is 3.04. The van der Waals surface area contributed by atoms with E-state index in [9.17, 15) is 4.79 Å². The molecule has 0 aliphatic carbocycles. The van der Waals surface area contributed by atoms with Crippen molar-refractivity contribution in [1.29, 1.82) is 0 Å². The van der Waals surface area contributed by atoms with Crippen LogP contribution in [0.15, 0.2) is 41.3 Å². The number of carbonyl (C=O) groups excluding carboxylic acids is 1. The van der Waals surface area contributed by atoms with Gasteiger partial charge in [0.2, 0.25) is 11.8 Å². The molecule has 1 aromatic carbocycles. The summed E-state index contributed by atoms with van der Waals surface area (Å²) >= 11 is 1.80. The number of nitrogens with zero attached hydrogens (tertiary/aromatic N) is 4. The summed E-state index contributed by atoms with van der Waals surface area (Å²) in [5.74, 6) is 0.984. The number of carbonyl (C=O) groups is 1. The Hall–Kier alpha value is -2.61. The van der Waals surface area contributed by atoms with Crippen LogP contribution in [0.25, 0.3) is 5.65 Å². The topological polar surface area (TPSA) is 81.4 Å². The maximum absolute atomic E-state index is 12.3. The van der Waals surface area contributed by atoms with Crippen molar-refractivity contribution in [3.8, 4) is 5.88 Å². The van der Waals surface area contributed by atoms with Crippen molar-refractivity contribution in [2.45, 2.75) is 43.9 Å². The van der Waals surface area contributed by atoms with E-state index in [-0.39, 0.29) is 12.5 Å². The summed E-state index contributed by atoms with van der Waals surface area (Å²) in [4.78, 5) is 13.5. The highest BCUT2D eigenvalue weighted by Gasteiger charge is 2.10. The lowest BCUT2D eigenvalue weighted by Gasteiger charge is -2.07. The summed E-state index contributed by atoms with van der Waals surface area (Å²) in [5, 5.41) is 15.9. The first-order valence-corrected chi connectivity index (χ1v) is 9.79. The van der Waals surface area contributed by atoms with Gasteiger partial charge in [0, 0.05) is 16.2 Å². The van der Waals surface area contributed by atoms with Gasteiger partial charge in [0.15, 0.2) is 11.5 Å². The zero-order valence-corrected chi connectivity index (χ0v) is 16.5. The van der Waals surface area contributed by atoms with E-state index in [0.717, 1.165) is 5.56 Å². The monoisotopic (exact) mass is 385 g/mol. The molecule has 0 spiro atoms. The molecule has 8 heteroatoms. The van der Waals surface area contributed by atoms with E-state index in [1.807, 2.05) is 19.1 Å². The third kappa shape index (κ3) is 5.19. The molecule has 27 heavy (non-hydrogen) atoms. The van der Waals surface area contributed by atoms with Crippen molar-refractivity contribution >= 4 is 23.3 Å². The number of rotatable bonds is 8. The molecule has 1 amide bonds. The molecule has 0 saturated carbocycles. The zero-order chi connectivity index (χ0) is 19.2. The first-order valence-electron chi connectivity index (χ1n) is 8.91. The second-order valence-corrected chi connectivity index (χ2v) is 7.90.